The molecule has 0 saturated carbocycles. The Morgan fingerprint density at radius 3 is 2.53 bits per heavy atom. The van der Waals surface area contributed by atoms with Crippen LogP contribution < -0.4 is 10.6 Å². The Bertz CT molecular complexity index is 274. The van der Waals surface area contributed by atoms with E-state index in [4.69, 9.17) is 5.73 Å². The number of anilines is 2. The van der Waals surface area contributed by atoms with Crippen molar-refractivity contribution in [2.24, 2.45) is 0 Å². The Morgan fingerprint density at radius 1 is 1.20 bits per heavy atom. The molecule has 2 N–H and O–H groups in total. The van der Waals surface area contributed by atoms with Crippen molar-refractivity contribution in [1.82, 2.24) is 10.2 Å². The summed E-state index contributed by atoms with van der Waals surface area (Å²) in [5.74, 6) is 0. The first-order chi connectivity index (χ1) is 7.27. The van der Waals surface area contributed by atoms with Crippen molar-refractivity contribution in [2.45, 2.75) is 39.5 Å². The molecule has 1 rings (SSSR count). The summed E-state index contributed by atoms with van der Waals surface area (Å²) in [6.07, 6.45) is 5.11. The summed E-state index contributed by atoms with van der Waals surface area (Å²) in [4.78, 5) is 2.24. The van der Waals surface area contributed by atoms with Crippen LogP contribution >= 0.6 is 11.3 Å². The van der Waals surface area contributed by atoms with Gasteiger partial charge in [0.15, 0.2) is 0 Å². The van der Waals surface area contributed by atoms with Crippen LogP contribution in [0, 0.1) is 0 Å². The van der Waals surface area contributed by atoms with Crippen molar-refractivity contribution in [3.05, 3.63) is 0 Å². The van der Waals surface area contributed by atoms with Gasteiger partial charge in [-0.25, -0.2) is 0 Å². The van der Waals surface area contributed by atoms with E-state index in [2.05, 4.69) is 28.9 Å². The third-order valence-corrected chi connectivity index (χ3v) is 3.18. The van der Waals surface area contributed by atoms with Crippen molar-refractivity contribution in [3.8, 4) is 0 Å². The van der Waals surface area contributed by atoms with Gasteiger partial charge in [-0.3, -0.25) is 0 Å². The van der Waals surface area contributed by atoms with Gasteiger partial charge in [-0.2, -0.15) is 0 Å². The molecule has 0 aliphatic carbocycles. The fourth-order valence-corrected chi connectivity index (χ4v) is 2.17. The summed E-state index contributed by atoms with van der Waals surface area (Å²) in [5.41, 5.74) is 5.57. The summed E-state index contributed by atoms with van der Waals surface area (Å²) >= 11 is 1.47. The smallest absolute Gasteiger partial charge is 0.209 e. The topological polar surface area (TPSA) is 55.0 Å². The molecule has 0 aromatic carbocycles. The third-order valence-electron chi connectivity index (χ3n) is 2.36. The van der Waals surface area contributed by atoms with E-state index in [9.17, 15) is 0 Å². The van der Waals surface area contributed by atoms with Crippen molar-refractivity contribution in [1.29, 1.82) is 0 Å². The van der Waals surface area contributed by atoms with Crippen molar-refractivity contribution in [2.75, 3.05) is 23.7 Å². The lowest BCUT2D eigenvalue weighted by Crippen LogP contribution is -2.23. The number of nitrogen functional groups attached to an aromatic ring is 1. The molecule has 0 atom stereocenters. The van der Waals surface area contributed by atoms with Crippen molar-refractivity contribution >= 4 is 21.6 Å². The molecule has 0 aliphatic rings. The van der Waals surface area contributed by atoms with E-state index < -0.39 is 0 Å². The number of nitrogens with two attached hydrogens (primary N) is 1. The summed E-state index contributed by atoms with van der Waals surface area (Å²) in [7, 11) is 0. The fourth-order valence-electron chi connectivity index (χ4n) is 1.47. The van der Waals surface area contributed by atoms with E-state index in [0.29, 0.717) is 5.13 Å². The second kappa shape index (κ2) is 6.61. The number of hydrogen-bond donors (Lipinski definition) is 1. The quantitative estimate of drug-likeness (QED) is 0.729. The molecule has 0 spiro atoms. The summed E-state index contributed by atoms with van der Waals surface area (Å²) < 4.78 is 0. The number of nitrogens with zero attached hydrogens (tertiary/aromatic N) is 3. The van der Waals surface area contributed by atoms with Gasteiger partial charge in [0.25, 0.3) is 0 Å². The van der Waals surface area contributed by atoms with Crippen molar-refractivity contribution < 1.29 is 0 Å². The SMILES string of the molecule is CCCCCCN(CC)c1nnc(N)s1. The lowest BCUT2D eigenvalue weighted by Gasteiger charge is -2.18. The number of rotatable bonds is 7. The number of hydrogen-bond acceptors (Lipinski definition) is 5. The maximum Gasteiger partial charge on any atom is 0.209 e. The van der Waals surface area contributed by atoms with E-state index in [1.165, 1.54) is 37.0 Å². The lowest BCUT2D eigenvalue weighted by atomic mass is 10.2. The van der Waals surface area contributed by atoms with E-state index in [1.807, 2.05) is 0 Å². The highest BCUT2D eigenvalue weighted by Gasteiger charge is 2.08. The van der Waals surface area contributed by atoms with Crippen LogP contribution in [0.15, 0.2) is 0 Å². The van der Waals surface area contributed by atoms with Crippen LogP contribution in [0.2, 0.25) is 0 Å². The lowest BCUT2D eigenvalue weighted by molar-refractivity contribution is 0.647. The van der Waals surface area contributed by atoms with Crippen LogP contribution in [0.1, 0.15) is 39.5 Å². The van der Waals surface area contributed by atoms with E-state index in [-0.39, 0.29) is 0 Å². The minimum Gasteiger partial charge on any atom is -0.374 e. The molecule has 86 valence electrons. The highest BCUT2D eigenvalue weighted by atomic mass is 32.1. The van der Waals surface area contributed by atoms with Gasteiger partial charge in [0.1, 0.15) is 0 Å². The molecular formula is C10H20N4S. The Kier molecular flexibility index (Phi) is 5.39. The molecule has 4 nitrogen and oxygen atoms in total. The van der Waals surface area contributed by atoms with Gasteiger partial charge in [0.05, 0.1) is 0 Å². The van der Waals surface area contributed by atoms with Gasteiger partial charge in [0, 0.05) is 13.1 Å². The molecule has 0 saturated heterocycles. The predicted molar refractivity (Wildman–Crippen MR) is 66.4 cm³/mol. The molecule has 0 amide bonds. The van der Waals surface area contributed by atoms with Crippen LogP contribution in [-0.2, 0) is 0 Å². The van der Waals surface area contributed by atoms with Crippen LogP contribution in [0.4, 0.5) is 10.3 Å². The average molecular weight is 228 g/mol. The molecule has 15 heavy (non-hydrogen) atoms. The van der Waals surface area contributed by atoms with Gasteiger partial charge >= 0.3 is 0 Å². The van der Waals surface area contributed by atoms with E-state index in [0.717, 1.165) is 18.2 Å². The second-order valence-corrected chi connectivity index (χ2v) is 4.55. The highest BCUT2D eigenvalue weighted by molar-refractivity contribution is 7.18. The molecule has 0 radical (unpaired) electrons. The maximum atomic E-state index is 5.57. The van der Waals surface area contributed by atoms with Gasteiger partial charge in [-0.15, -0.1) is 10.2 Å². The normalized spacial score (nSPS) is 10.5. The Balaban J connectivity index is 2.35. The number of aromatic nitrogens is 2. The predicted octanol–water partition coefficient (Wildman–Crippen LogP) is 2.53. The molecule has 0 aliphatic heterocycles. The first-order valence-electron chi connectivity index (χ1n) is 5.61. The highest BCUT2D eigenvalue weighted by Crippen LogP contribution is 2.21. The van der Waals surface area contributed by atoms with Crippen LogP contribution in [-0.4, -0.2) is 23.3 Å². The third kappa shape index (κ3) is 4.03. The monoisotopic (exact) mass is 228 g/mol. The van der Waals surface area contributed by atoms with E-state index in [1.54, 1.807) is 0 Å². The summed E-state index contributed by atoms with van der Waals surface area (Å²) in [5, 5.41) is 9.39. The zero-order valence-corrected chi connectivity index (χ0v) is 10.4. The molecule has 1 heterocycles. The minimum absolute atomic E-state index is 0.553. The van der Waals surface area contributed by atoms with Crippen LogP contribution in [0.25, 0.3) is 0 Å². The second-order valence-electron chi connectivity index (χ2n) is 3.56. The molecule has 1 aromatic rings. The van der Waals surface area contributed by atoms with Gasteiger partial charge in [0.2, 0.25) is 10.3 Å². The summed E-state index contributed by atoms with van der Waals surface area (Å²) in [6, 6.07) is 0. The first-order valence-corrected chi connectivity index (χ1v) is 6.43. The first kappa shape index (κ1) is 12.2. The van der Waals surface area contributed by atoms with Gasteiger partial charge in [-0.05, 0) is 13.3 Å². The molecule has 0 unspecified atom stereocenters. The van der Waals surface area contributed by atoms with E-state index >= 15 is 0 Å². The number of unbranched alkanes of at least 4 members (excludes halogenated alkanes) is 3. The zero-order valence-electron chi connectivity index (χ0n) is 9.57. The minimum atomic E-state index is 0.553. The Labute approximate surface area is 95.5 Å². The molecule has 5 heteroatoms. The van der Waals surface area contributed by atoms with Crippen LogP contribution in [0.5, 0.6) is 0 Å². The molecule has 0 fully saturated rings. The zero-order chi connectivity index (χ0) is 11.1. The maximum absolute atomic E-state index is 5.57. The largest absolute Gasteiger partial charge is 0.374 e. The van der Waals surface area contributed by atoms with Crippen molar-refractivity contribution in [3.63, 3.8) is 0 Å². The standard InChI is InChI=1S/C10H20N4S/c1-3-5-6-7-8-14(4-2)10-13-12-9(11)15-10/h3-8H2,1-2H3,(H2,11,12). The Hall–Kier alpha value is -0.840. The fraction of sp³-hybridized carbons (Fsp3) is 0.800. The average Bonchev–Trinajstić information content (AvgIpc) is 2.65. The molecule has 1 aromatic heterocycles. The van der Waals surface area contributed by atoms with Gasteiger partial charge in [-0.1, -0.05) is 37.5 Å². The molecule has 0 bridgehead atoms. The van der Waals surface area contributed by atoms with Gasteiger partial charge < -0.3 is 10.6 Å². The summed E-state index contributed by atoms with van der Waals surface area (Å²) in [6.45, 7) is 6.40. The molecular weight excluding hydrogens is 208 g/mol. The Morgan fingerprint density at radius 2 is 2.00 bits per heavy atom. The van der Waals surface area contributed by atoms with Crippen LogP contribution in [0.3, 0.4) is 0 Å².